The molecule has 0 aromatic rings. The average Bonchev–Trinajstić information content (AvgIpc) is 2.32. The Morgan fingerprint density at radius 2 is 2.00 bits per heavy atom. The van der Waals surface area contributed by atoms with Crippen molar-refractivity contribution in [3.8, 4) is 0 Å². The predicted molar refractivity (Wildman–Crippen MR) is 35.6 cm³/mol. The van der Waals surface area contributed by atoms with Crippen LogP contribution in [0.3, 0.4) is 0 Å². The normalized spacial score (nSPS) is 45.1. The lowest BCUT2D eigenvalue weighted by molar-refractivity contribution is -0.139. The van der Waals surface area contributed by atoms with E-state index in [1.807, 2.05) is 7.05 Å². The lowest BCUT2D eigenvalue weighted by atomic mass is 10.3. The number of piperidine rings is 1. The van der Waals surface area contributed by atoms with Crippen LogP contribution < -0.4 is 0 Å². The van der Waals surface area contributed by atoms with Crippen molar-refractivity contribution in [2.45, 2.75) is 0 Å². The fourth-order valence-corrected chi connectivity index (χ4v) is 2.10. The van der Waals surface area contributed by atoms with Crippen LogP contribution in [0.25, 0.3) is 0 Å². The largest absolute Gasteiger partial charge is 0.481 e. The van der Waals surface area contributed by atoms with Gasteiger partial charge in [0.25, 0.3) is 0 Å². The van der Waals surface area contributed by atoms with Crippen LogP contribution >= 0.6 is 0 Å². The minimum absolute atomic E-state index is 0.00352. The van der Waals surface area contributed by atoms with E-state index in [1.54, 1.807) is 0 Å². The Bertz CT molecular complexity index is 168. The zero-order valence-corrected chi connectivity index (χ0v) is 5.95. The standard InChI is InChI=1S/C7H11NO2/c1-8-2-4-5(3-8)6(4)7(9)10/h4-6H,2-3H2,1H3,(H,9,10). The highest BCUT2D eigenvalue weighted by Crippen LogP contribution is 2.51. The maximum atomic E-state index is 10.5. The molecule has 1 N–H and O–H groups in total. The van der Waals surface area contributed by atoms with Gasteiger partial charge in [-0.2, -0.15) is 0 Å². The number of carbonyl (C=O) groups is 1. The molecule has 1 saturated heterocycles. The Kier molecular flexibility index (Phi) is 1.06. The number of hydrogen-bond donors (Lipinski definition) is 1. The van der Waals surface area contributed by atoms with E-state index in [1.165, 1.54) is 0 Å². The molecule has 1 heterocycles. The summed E-state index contributed by atoms with van der Waals surface area (Å²) in [6.45, 7) is 1.98. The molecule has 0 bridgehead atoms. The van der Waals surface area contributed by atoms with E-state index in [0.29, 0.717) is 11.8 Å². The fourth-order valence-electron chi connectivity index (χ4n) is 2.10. The summed E-state index contributed by atoms with van der Waals surface area (Å²) in [7, 11) is 2.05. The Balaban J connectivity index is 1.98. The summed E-state index contributed by atoms with van der Waals surface area (Å²) in [4.78, 5) is 12.7. The molecule has 0 aromatic heterocycles. The van der Waals surface area contributed by atoms with Crippen molar-refractivity contribution in [1.29, 1.82) is 0 Å². The van der Waals surface area contributed by atoms with E-state index < -0.39 is 5.97 Å². The minimum atomic E-state index is -0.594. The number of carboxylic acids is 1. The van der Waals surface area contributed by atoms with E-state index in [-0.39, 0.29) is 5.92 Å². The smallest absolute Gasteiger partial charge is 0.307 e. The molecule has 2 rings (SSSR count). The highest BCUT2D eigenvalue weighted by atomic mass is 16.4. The maximum absolute atomic E-state index is 10.5. The third-order valence-corrected chi connectivity index (χ3v) is 2.66. The molecular formula is C7H11NO2. The van der Waals surface area contributed by atoms with E-state index in [0.717, 1.165) is 13.1 Å². The van der Waals surface area contributed by atoms with Gasteiger partial charge in [0.2, 0.25) is 0 Å². The van der Waals surface area contributed by atoms with Crippen molar-refractivity contribution in [2.75, 3.05) is 20.1 Å². The summed E-state index contributed by atoms with van der Waals surface area (Å²) in [5.41, 5.74) is 0. The Morgan fingerprint density at radius 1 is 1.50 bits per heavy atom. The number of carboxylic acid groups (broad SMARTS) is 1. The Hall–Kier alpha value is -0.570. The molecule has 0 aromatic carbocycles. The molecule has 0 spiro atoms. The average molecular weight is 141 g/mol. The fraction of sp³-hybridized carbons (Fsp3) is 0.857. The second kappa shape index (κ2) is 1.72. The summed E-state index contributed by atoms with van der Waals surface area (Å²) < 4.78 is 0. The number of rotatable bonds is 1. The topological polar surface area (TPSA) is 40.5 Å². The van der Waals surface area contributed by atoms with Gasteiger partial charge in [-0.05, 0) is 18.9 Å². The molecule has 2 fully saturated rings. The number of likely N-dealkylation sites (tertiary alicyclic amines) is 1. The lowest BCUT2D eigenvalue weighted by Crippen LogP contribution is -2.21. The van der Waals surface area contributed by atoms with E-state index in [9.17, 15) is 4.79 Å². The van der Waals surface area contributed by atoms with Crippen molar-refractivity contribution < 1.29 is 9.90 Å². The van der Waals surface area contributed by atoms with E-state index in [4.69, 9.17) is 5.11 Å². The first-order valence-corrected chi connectivity index (χ1v) is 3.61. The van der Waals surface area contributed by atoms with E-state index in [2.05, 4.69) is 4.90 Å². The maximum Gasteiger partial charge on any atom is 0.307 e. The minimum Gasteiger partial charge on any atom is -0.481 e. The second-order valence-electron chi connectivity index (χ2n) is 3.41. The summed E-state index contributed by atoms with van der Waals surface area (Å²) in [5, 5.41) is 8.63. The van der Waals surface area contributed by atoms with Crippen molar-refractivity contribution >= 4 is 5.97 Å². The third kappa shape index (κ3) is 0.669. The van der Waals surface area contributed by atoms with Crippen LogP contribution in [0.15, 0.2) is 0 Å². The second-order valence-corrected chi connectivity index (χ2v) is 3.41. The molecule has 1 saturated carbocycles. The molecule has 1 aliphatic heterocycles. The van der Waals surface area contributed by atoms with Crippen molar-refractivity contribution in [2.24, 2.45) is 17.8 Å². The van der Waals surface area contributed by atoms with Crippen molar-refractivity contribution in [3.05, 3.63) is 0 Å². The predicted octanol–water partition coefficient (Wildman–Crippen LogP) is -0.121. The Morgan fingerprint density at radius 3 is 2.40 bits per heavy atom. The molecule has 10 heavy (non-hydrogen) atoms. The highest BCUT2D eigenvalue weighted by molar-refractivity contribution is 5.74. The summed E-state index contributed by atoms with van der Waals surface area (Å²) in [6.07, 6.45) is 0. The van der Waals surface area contributed by atoms with Gasteiger partial charge in [0.05, 0.1) is 5.92 Å². The SMILES string of the molecule is CN1CC2C(C1)C2C(=O)O. The van der Waals surface area contributed by atoms with Gasteiger partial charge in [0.1, 0.15) is 0 Å². The van der Waals surface area contributed by atoms with Gasteiger partial charge in [-0.25, -0.2) is 0 Å². The molecule has 2 atom stereocenters. The van der Waals surface area contributed by atoms with Gasteiger partial charge >= 0.3 is 5.97 Å². The van der Waals surface area contributed by atoms with Crippen LogP contribution in [0, 0.1) is 17.8 Å². The van der Waals surface area contributed by atoms with Gasteiger partial charge in [-0.15, -0.1) is 0 Å². The van der Waals surface area contributed by atoms with Gasteiger partial charge in [-0.1, -0.05) is 0 Å². The molecule has 0 amide bonds. The molecule has 2 aliphatic rings. The molecule has 2 unspecified atom stereocenters. The summed E-state index contributed by atoms with van der Waals surface area (Å²) >= 11 is 0. The monoisotopic (exact) mass is 141 g/mol. The molecule has 0 radical (unpaired) electrons. The number of aliphatic carboxylic acids is 1. The van der Waals surface area contributed by atoms with Crippen LogP contribution in [0.5, 0.6) is 0 Å². The highest BCUT2D eigenvalue weighted by Gasteiger charge is 2.58. The number of nitrogens with zero attached hydrogens (tertiary/aromatic N) is 1. The third-order valence-electron chi connectivity index (χ3n) is 2.66. The zero-order chi connectivity index (χ0) is 7.30. The van der Waals surface area contributed by atoms with Crippen LogP contribution in [0.1, 0.15) is 0 Å². The van der Waals surface area contributed by atoms with E-state index >= 15 is 0 Å². The van der Waals surface area contributed by atoms with Gasteiger partial charge in [-0.3, -0.25) is 4.79 Å². The molecule has 3 heteroatoms. The molecule has 1 aliphatic carbocycles. The quantitative estimate of drug-likeness (QED) is 0.553. The number of hydrogen-bond acceptors (Lipinski definition) is 2. The first-order valence-electron chi connectivity index (χ1n) is 3.61. The first kappa shape index (κ1) is 6.16. The molecule has 56 valence electrons. The number of fused-ring (bicyclic) bond motifs is 1. The van der Waals surface area contributed by atoms with Gasteiger partial charge < -0.3 is 10.0 Å². The Labute approximate surface area is 59.6 Å². The van der Waals surface area contributed by atoms with Crippen LogP contribution in [-0.2, 0) is 4.79 Å². The van der Waals surface area contributed by atoms with Crippen LogP contribution in [-0.4, -0.2) is 36.1 Å². The van der Waals surface area contributed by atoms with Gasteiger partial charge in [0, 0.05) is 13.1 Å². The van der Waals surface area contributed by atoms with Crippen molar-refractivity contribution in [3.63, 3.8) is 0 Å². The summed E-state index contributed by atoms with van der Waals surface area (Å²) in [6, 6.07) is 0. The lowest BCUT2D eigenvalue weighted by Gasteiger charge is -2.09. The first-order chi connectivity index (χ1) is 4.70. The molecule has 3 nitrogen and oxygen atoms in total. The summed E-state index contributed by atoms with van der Waals surface area (Å²) in [5.74, 6) is 0.351. The van der Waals surface area contributed by atoms with Crippen LogP contribution in [0.4, 0.5) is 0 Å². The van der Waals surface area contributed by atoms with Crippen LogP contribution in [0.2, 0.25) is 0 Å². The van der Waals surface area contributed by atoms with Gasteiger partial charge in [0.15, 0.2) is 0 Å². The molecular weight excluding hydrogens is 130 g/mol. The van der Waals surface area contributed by atoms with Crippen molar-refractivity contribution in [1.82, 2.24) is 4.90 Å². The zero-order valence-electron chi connectivity index (χ0n) is 5.95.